The van der Waals surface area contributed by atoms with Gasteiger partial charge in [0.15, 0.2) is 0 Å². The van der Waals surface area contributed by atoms with Gasteiger partial charge in [-0.15, -0.1) is 0 Å². The van der Waals surface area contributed by atoms with Gasteiger partial charge < -0.3 is 10.6 Å². The third-order valence-electron chi connectivity index (χ3n) is 4.30. The van der Waals surface area contributed by atoms with Crippen molar-refractivity contribution in [2.24, 2.45) is 0 Å². The van der Waals surface area contributed by atoms with E-state index in [2.05, 4.69) is 5.32 Å². The van der Waals surface area contributed by atoms with Crippen molar-refractivity contribution in [3.8, 4) is 0 Å². The Bertz CT molecular complexity index is 1070. The molecule has 0 spiro atoms. The van der Waals surface area contributed by atoms with Gasteiger partial charge in [0.05, 0.1) is 44.7 Å². The number of hydrogen-bond donors (Lipinski definition) is 2. The monoisotopic (exact) mass is 562 g/mol. The largest absolute Gasteiger partial charge is 0.399 e. The highest BCUT2D eigenvalue weighted by Gasteiger charge is 2.39. The average molecular weight is 564 g/mol. The zero-order chi connectivity index (χ0) is 25.6. The lowest BCUT2D eigenvalue weighted by Gasteiger charge is -2.18. The van der Waals surface area contributed by atoms with Crippen LogP contribution in [0.5, 0.6) is 0 Å². The van der Waals surface area contributed by atoms with Gasteiger partial charge in [-0.3, -0.25) is 9.59 Å². The van der Waals surface area contributed by atoms with Crippen molar-refractivity contribution in [2.75, 3.05) is 13.1 Å². The topological polar surface area (TPSA) is 58.2 Å². The van der Waals surface area contributed by atoms with Crippen LogP contribution in [0.4, 0.5) is 22.0 Å². The van der Waals surface area contributed by atoms with E-state index in [0.717, 1.165) is 24.3 Å². The molecule has 0 aromatic heterocycles. The number of nitrogens with one attached hydrogen (secondary N) is 2. The first-order chi connectivity index (χ1) is 15.8. The molecule has 0 fully saturated rings. The molecule has 2 rings (SSSR count). The number of allylic oxidation sites excluding steroid dienone is 1. The number of rotatable bonds is 8. The Labute approximate surface area is 211 Å². The number of carbonyl (C=O) groups is 2. The molecule has 13 heteroatoms. The quantitative estimate of drug-likeness (QED) is 0.275. The van der Waals surface area contributed by atoms with Crippen LogP contribution in [0.25, 0.3) is 6.08 Å². The molecule has 1 unspecified atom stereocenters. The van der Waals surface area contributed by atoms with Gasteiger partial charge in [0.25, 0.3) is 12.3 Å². The van der Waals surface area contributed by atoms with Gasteiger partial charge in [0.1, 0.15) is 0 Å². The van der Waals surface area contributed by atoms with Gasteiger partial charge >= 0.3 is 6.18 Å². The number of halogens is 9. The van der Waals surface area contributed by atoms with Gasteiger partial charge in [-0.25, -0.2) is 8.78 Å². The van der Waals surface area contributed by atoms with E-state index in [-0.39, 0.29) is 36.8 Å². The molecule has 2 N–H and O–H groups in total. The van der Waals surface area contributed by atoms with Crippen molar-refractivity contribution in [1.29, 1.82) is 0 Å². The van der Waals surface area contributed by atoms with E-state index in [0.29, 0.717) is 0 Å². The van der Waals surface area contributed by atoms with E-state index in [9.17, 15) is 31.5 Å². The molecule has 184 valence electrons. The number of hydrogen-bond acceptors (Lipinski definition) is 2. The maximum Gasteiger partial charge on any atom is 0.399 e. The molecule has 34 heavy (non-hydrogen) atoms. The predicted molar refractivity (Wildman–Crippen MR) is 122 cm³/mol. The Hall–Kier alpha value is -2.07. The van der Waals surface area contributed by atoms with Crippen molar-refractivity contribution in [3.63, 3.8) is 0 Å². The highest BCUT2D eigenvalue weighted by Crippen LogP contribution is 2.41. The van der Waals surface area contributed by atoms with Crippen molar-refractivity contribution >= 4 is 64.3 Å². The zero-order valence-electron chi connectivity index (χ0n) is 16.8. The van der Waals surface area contributed by atoms with Crippen molar-refractivity contribution in [1.82, 2.24) is 10.6 Å². The van der Waals surface area contributed by atoms with Crippen LogP contribution >= 0.6 is 46.4 Å². The normalized spacial score (nSPS) is 12.8. The van der Waals surface area contributed by atoms with Crippen LogP contribution in [0, 0.1) is 0 Å². The third-order valence-corrected chi connectivity index (χ3v) is 5.81. The highest BCUT2D eigenvalue weighted by molar-refractivity contribution is 6.48. The van der Waals surface area contributed by atoms with Crippen LogP contribution in [0.3, 0.4) is 0 Å². The average Bonchev–Trinajstić information content (AvgIpc) is 2.73. The second kappa shape index (κ2) is 12.1. The van der Waals surface area contributed by atoms with Crippen LogP contribution in [-0.2, 0) is 4.79 Å². The SMILES string of the molecule is O=C(CNC(=O)c1ccc(/C=C/C(c2cc(Cl)c(Cl)c(Cl)c2)C(F)(F)F)cc1Cl)NCC(F)F. The fraction of sp³-hybridized carbons (Fsp3) is 0.238. The first-order valence-corrected chi connectivity index (χ1v) is 10.8. The molecular formula is C21H15Cl4F5N2O2. The maximum atomic E-state index is 13.6. The predicted octanol–water partition coefficient (Wildman–Crippen LogP) is 6.77. The second-order valence-corrected chi connectivity index (χ2v) is 8.39. The van der Waals surface area contributed by atoms with E-state index < -0.39 is 43.4 Å². The smallest absolute Gasteiger partial charge is 0.349 e. The molecule has 1 atom stereocenters. The standard InChI is InChI=1S/C21H15Cl4F5N2O2/c22-14-5-10(1-3-12(14)20(34)32-9-18(33)31-8-17(26)27)2-4-13(21(28,29)30)11-6-15(23)19(25)16(24)7-11/h1-7,13,17H,8-9H2,(H,31,33)(H,32,34)/b4-2+. The minimum absolute atomic E-state index is 0.0656. The molecule has 0 heterocycles. The van der Waals surface area contributed by atoms with Gasteiger partial charge in [-0.1, -0.05) is 64.6 Å². The van der Waals surface area contributed by atoms with Crippen LogP contribution in [0.2, 0.25) is 20.1 Å². The Morgan fingerprint density at radius 1 is 0.941 bits per heavy atom. The Kier molecular flexibility index (Phi) is 9.99. The molecule has 0 bridgehead atoms. The molecule has 4 nitrogen and oxygen atoms in total. The molecule has 2 aromatic rings. The molecular weight excluding hydrogens is 549 g/mol. The fourth-order valence-electron chi connectivity index (χ4n) is 2.70. The molecule has 0 aliphatic carbocycles. The number of amides is 2. The summed E-state index contributed by atoms with van der Waals surface area (Å²) in [6, 6.07) is 5.96. The van der Waals surface area contributed by atoms with Gasteiger partial charge in [-0.05, 0) is 35.4 Å². The van der Waals surface area contributed by atoms with E-state index >= 15 is 0 Å². The minimum Gasteiger partial charge on any atom is -0.349 e. The molecule has 0 saturated carbocycles. The third kappa shape index (κ3) is 8.01. The van der Waals surface area contributed by atoms with E-state index in [1.807, 2.05) is 5.32 Å². The Morgan fingerprint density at radius 3 is 2.09 bits per heavy atom. The number of carbonyl (C=O) groups excluding carboxylic acids is 2. The number of benzene rings is 2. The lowest BCUT2D eigenvalue weighted by molar-refractivity contribution is -0.139. The molecule has 0 radical (unpaired) electrons. The lowest BCUT2D eigenvalue weighted by atomic mass is 9.97. The summed E-state index contributed by atoms with van der Waals surface area (Å²) in [4.78, 5) is 23.6. The van der Waals surface area contributed by atoms with Gasteiger partial charge in [-0.2, -0.15) is 13.2 Å². The second-order valence-electron chi connectivity index (χ2n) is 6.79. The Balaban J connectivity index is 2.17. The highest BCUT2D eigenvalue weighted by atomic mass is 35.5. The summed E-state index contributed by atoms with van der Waals surface area (Å²) < 4.78 is 65.1. The summed E-state index contributed by atoms with van der Waals surface area (Å²) >= 11 is 23.6. The zero-order valence-corrected chi connectivity index (χ0v) is 19.9. The number of alkyl halides is 5. The molecule has 0 aliphatic heterocycles. The summed E-state index contributed by atoms with van der Waals surface area (Å²) in [6.45, 7) is -1.42. The Morgan fingerprint density at radius 2 is 1.56 bits per heavy atom. The summed E-state index contributed by atoms with van der Waals surface area (Å²) in [5.41, 5.74) is -0.0453. The van der Waals surface area contributed by atoms with Crippen LogP contribution in [0.1, 0.15) is 27.4 Å². The van der Waals surface area contributed by atoms with E-state index in [1.54, 1.807) is 0 Å². The maximum absolute atomic E-state index is 13.6. The molecule has 0 aliphatic rings. The van der Waals surface area contributed by atoms with Crippen LogP contribution in [0.15, 0.2) is 36.4 Å². The van der Waals surface area contributed by atoms with Crippen molar-refractivity contribution in [2.45, 2.75) is 18.5 Å². The van der Waals surface area contributed by atoms with Crippen LogP contribution in [-0.4, -0.2) is 37.5 Å². The summed E-state index contributed by atoms with van der Waals surface area (Å²) in [7, 11) is 0. The van der Waals surface area contributed by atoms with Gasteiger partial charge in [0, 0.05) is 0 Å². The van der Waals surface area contributed by atoms with Crippen LogP contribution < -0.4 is 10.6 Å². The molecule has 2 aromatic carbocycles. The molecule has 0 saturated heterocycles. The molecule has 2 amide bonds. The fourth-order valence-corrected chi connectivity index (χ4v) is 3.59. The van der Waals surface area contributed by atoms with Crippen molar-refractivity contribution < 1.29 is 31.5 Å². The first kappa shape index (κ1) is 28.2. The lowest BCUT2D eigenvalue weighted by Crippen LogP contribution is -2.38. The van der Waals surface area contributed by atoms with E-state index in [1.165, 1.54) is 18.2 Å². The van der Waals surface area contributed by atoms with E-state index in [4.69, 9.17) is 46.4 Å². The van der Waals surface area contributed by atoms with Gasteiger partial charge in [0.2, 0.25) is 5.91 Å². The summed E-state index contributed by atoms with van der Waals surface area (Å²) in [6.07, 6.45) is -5.39. The first-order valence-electron chi connectivity index (χ1n) is 9.31. The summed E-state index contributed by atoms with van der Waals surface area (Å²) in [5.74, 6) is -3.66. The van der Waals surface area contributed by atoms with Crippen molar-refractivity contribution in [3.05, 3.63) is 73.2 Å². The minimum atomic E-state index is -4.68. The summed E-state index contributed by atoms with van der Waals surface area (Å²) in [5, 5.41) is 3.69.